The first-order chi connectivity index (χ1) is 22.2. The van der Waals surface area contributed by atoms with Crippen LogP contribution in [0, 0.1) is 0 Å². The van der Waals surface area contributed by atoms with Gasteiger partial charge in [0.1, 0.15) is 23.7 Å². The van der Waals surface area contributed by atoms with Gasteiger partial charge in [0, 0.05) is 69.7 Å². The van der Waals surface area contributed by atoms with E-state index in [2.05, 4.69) is 45.4 Å². The largest absolute Gasteiger partial charge is 0.489 e. The molecule has 0 spiro atoms. The molecule has 4 amide bonds. The summed E-state index contributed by atoms with van der Waals surface area (Å²) in [7, 11) is 1.64. The van der Waals surface area contributed by atoms with E-state index in [9.17, 15) is 24.3 Å². The van der Waals surface area contributed by atoms with Crippen LogP contribution in [0.2, 0.25) is 0 Å². The smallest absolute Gasteiger partial charge is 0.407 e. The maximum atomic E-state index is 13.0. The number of carboxylic acid groups (broad SMARTS) is 1. The third-order valence-corrected chi connectivity index (χ3v) is 9.81. The van der Waals surface area contributed by atoms with Gasteiger partial charge in [0.15, 0.2) is 0 Å². The molecule has 1 unspecified atom stereocenters. The highest BCUT2D eigenvalue weighted by atomic mass is 16.5. The van der Waals surface area contributed by atoms with E-state index in [1.54, 1.807) is 18.0 Å². The summed E-state index contributed by atoms with van der Waals surface area (Å²) in [5, 5.41) is 12.7. The summed E-state index contributed by atoms with van der Waals surface area (Å²) in [6.45, 7) is 4.40. The summed E-state index contributed by atoms with van der Waals surface area (Å²) in [4.78, 5) is 60.7. The first-order valence-corrected chi connectivity index (χ1v) is 16.0. The number of likely N-dealkylation sites (tertiary alicyclic amines) is 1. The lowest BCUT2D eigenvalue weighted by molar-refractivity contribution is -0.136. The van der Waals surface area contributed by atoms with Crippen molar-refractivity contribution < 1.29 is 29.0 Å². The van der Waals surface area contributed by atoms with Gasteiger partial charge >= 0.3 is 6.09 Å². The predicted molar refractivity (Wildman–Crippen MR) is 170 cm³/mol. The van der Waals surface area contributed by atoms with Gasteiger partial charge in [-0.05, 0) is 79.3 Å². The molecule has 4 aliphatic heterocycles. The van der Waals surface area contributed by atoms with Crippen LogP contribution in [-0.2, 0) is 22.7 Å². The fourth-order valence-electron chi connectivity index (χ4n) is 7.19. The molecule has 1 aromatic heterocycles. The van der Waals surface area contributed by atoms with Crippen molar-refractivity contribution in [1.29, 1.82) is 0 Å². The number of anilines is 1. The average Bonchev–Trinajstić information content (AvgIpc) is 3.63. The van der Waals surface area contributed by atoms with E-state index in [0.29, 0.717) is 24.3 Å². The summed E-state index contributed by atoms with van der Waals surface area (Å²) in [6, 6.07) is 15.5. The Bertz CT molecular complexity index is 1700. The molecule has 2 aromatic carbocycles. The first kappa shape index (κ1) is 30.0. The molecule has 0 radical (unpaired) electrons. The van der Waals surface area contributed by atoms with Gasteiger partial charge in [-0.25, -0.2) is 9.78 Å². The Kier molecular flexibility index (Phi) is 7.97. The zero-order valence-corrected chi connectivity index (χ0v) is 25.9. The molecule has 3 fully saturated rings. The maximum Gasteiger partial charge on any atom is 0.407 e. The summed E-state index contributed by atoms with van der Waals surface area (Å²) >= 11 is 0. The lowest BCUT2D eigenvalue weighted by Gasteiger charge is -2.36. The molecule has 12 heteroatoms. The molecule has 3 aromatic rings. The lowest BCUT2D eigenvalue weighted by Crippen LogP contribution is -2.52. The third-order valence-electron chi connectivity index (χ3n) is 9.81. The number of nitrogens with zero attached hydrogens (tertiary/aromatic N) is 5. The van der Waals surface area contributed by atoms with Crippen molar-refractivity contribution in [3.05, 3.63) is 65.2 Å². The van der Waals surface area contributed by atoms with Crippen LogP contribution in [0.25, 0.3) is 10.9 Å². The fourth-order valence-corrected chi connectivity index (χ4v) is 7.19. The number of imide groups is 1. The first-order valence-electron chi connectivity index (χ1n) is 16.0. The van der Waals surface area contributed by atoms with Crippen LogP contribution in [-0.4, -0.2) is 100 Å². The third kappa shape index (κ3) is 5.96. The standard InChI is InChI=1S/C34H38N6O6/c1-37(34(44)45)24-10-14-39(15-11-24)30-8-3-22-16-21(2-6-28(22)35-30)18-38-13-12-26(20-38)46-25-4-5-27-23(17-25)19-40(33(27)43)29-7-9-31(41)36-32(29)42/h2-6,8,16-17,24,26,29H,7,9-15,18-20H2,1H3,(H,44,45)(H,36,41,42)/t26-,29?/m0/s1. The van der Waals surface area contributed by atoms with E-state index in [4.69, 9.17) is 9.72 Å². The Labute approximate surface area is 266 Å². The van der Waals surface area contributed by atoms with Gasteiger partial charge < -0.3 is 24.5 Å². The fraction of sp³-hybridized carbons (Fsp3) is 0.441. The van der Waals surface area contributed by atoms with Crippen LogP contribution in [0.3, 0.4) is 0 Å². The Morgan fingerprint density at radius 2 is 1.85 bits per heavy atom. The molecular weight excluding hydrogens is 588 g/mol. The highest BCUT2D eigenvalue weighted by Crippen LogP contribution is 2.31. The molecule has 46 heavy (non-hydrogen) atoms. The maximum absolute atomic E-state index is 13.0. The summed E-state index contributed by atoms with van der Waals surface area (Å²) in [5.41, 5.74) is 3.58. The molecule has 5 heterocycles. The Morgan fingerprint density at radius 3 is 2.63 bits per heavy atom. The predicted octanol–water partition coefficient (Wildman–Crippen LogP) is 3.23. The average molecular weight is 627 g/mol. The normalized spacial score (nSPS) is 22.3. The van der Waals surface area contributed by atoms with E-state index in [-0.39, 0.29) is 30.4 Å². The van der Waals surface area contributed by atoms with Crippen molar-refractivity contribution in [1.82, 2.24) is 25.0 Å². The van der Waals surface area contributed by atoms with Gasteiger partial charge in [-0.1, -0.05) is 6.07 Å². The number of ether oxygens (including phenoxy) is 1. The molecule has 2 N–H and O–H groups in total. The van der Waals surface area contributed by atoms with Crippen molar-refractivity contribution in [2.45, 2.75) is 63.4 Å². The van der Waals surface area contributed by atoms with Gasteiger partial charge in [-0.3, -0.25) is 24.6 Å². The molecule has 4 aliphatic rings. The Hall–Kier alpha value is -4.71. The minimum Gasteiger partial charge on any atom is -0.489 e. The van der Waals surface area contributed by atoms with Gasteiger partial charge in [-0.15, -0.1) is 0 Å². The number of hydrogen-bond donors (Lipinski definition) is 2. The minimum atomic E-state index is -0.880. The number of rotatable bonds is 7. The Morgan fingerprint density at radius 1 is 1.02 bits per heavy atom. The van der Waals surface area contributed by atoms with Crippen LogP contribution in [0.4, 0.5) is 10.6 Å². The second-order valence-electron chi connectivity index (χ2n) is 12.8. The highest BCUT2D eigenvalue weighted by Gasteiger charge is 2.39. The molecular formula is C34H38N6O6. The van der Waals surface area contributed by atoms with Crippen molar-refractivity contribution >= 4 is 40.5 Å². The molecule has 0 saturated carbocycles. The van der Waals surface area contributed by atoms with Crippen LogP contribution in [0.15, 0.2) is 48.5 Å². The SMILES string of the molecule is CN(C(=O)O)C1CCN(c2ccc3cc(CN4CC[C@H](Oc5ccc6c(c5)CN(C5CCC(=O)NC5=O)C6=O)C4)ccc3n2)CC1. The number of carbonyl (C=O) groups excluding carboxylic acids is 3. The second-order valence-corrected chi connectivity index (χ2v) is 12.8. The molecule has 240 valence electrons. The van der Waals surface area contributed by atoms with Crippen LogP contribution in [0.1, 0.15) is 53.6 Å². The second kappa shape index (κ2) is 12.2. The van der Waals surface area contributed by atoms with Gasteiger partial charge in [0.2, 0.25) is 11.8 Å². The molecule has 0 aliphatic carbocycles. The molecule has 0 bridgehead atoms. The quantitative estimate of drug-likeness (QED) is 0.379. The van der Waals surface area contributed by atoms with Crippen LogP contribution in [0.5, 0.6) is 5.75 Å². The molecule has 2 atom stereocenters. The van der Waals surface area contributed by atoms with Crippen molar-refractivity contribution in [3.63, 3.8) is 0 Å². The minimum absolute atomic E-state index is 0.0329. The van der Waals surface area contributed by atoms with Crippen LogP contribution < -0.4 is 15.0 Å². The van der Waals surface area contributed by atoms with E-state index in [0.717, 1.165) is 74.3 Å². The Balaban J connectivity index is 0.930. The number of benzene rings is 2. The molecule has 7 rings (SSSR count). The number of fused-ring (bicyclic) bond motifs is 2. The number of carbonyl (C=O) groups is 4. The van der Waals surface area contributed by atoms with E-state index in [1.165, 1.54) is 10.5 Å². The highest BCUT2D eigenvalue weighted by molar-refractivity contribution is 6.05. The number of nitrogens with one attached hydrogen (secondary N) is 1. The van der Waals surface area contributed by atoms with Crippen molar-refractivity contribution in [2.75, 3.05) is 38.1 Å². The van der Waals surface area contributed by atoms with Crippen molar-refractivity contribution in [3.8, 4) is 5.75 Å². The number of pyridine rings is 1. The van der Waals surface area contributed by atoms with E-state index >= 15 is 0 Å². The summed E-state index contributed by atoms with van der Waals surface area (Å²) in [6.07, 6.45) is 2.20. The van der Waals surface area contributed by atoms with Crippen LogP contribution >= 0.6 is 0 Å². The zero-order chi connectivity index (χ0) is 31.9. The lowest BCUT2D eigenvalue weighted by atomic mass is 10.0. The molecule has 3 saturated heterocycles. The monoisotopic (exact) mass is 626 g/mol. The number of piperidine rings is 2. The van der Waals surface area contributed by atoms with E-state index < -0.39 is 18.0 Å². The zero-order valence-electron chi connectivity index (χ0n) is 25.9. The van der Waals surface area contributed by atoms with Gasteiger partial charge in [-0.2, -0.15) is 0 Å². The van der Waals surface area contributed by atoms with E-state index in [1.807, 2.05) is 12.1 Å². The number of hydrogen-bond acceptors (Lipinski definition) is 8. The van der Waals surface area contributed by atoms with Gasteiger partial charge in [0.05, 0.1) is 5.52 Å². The number of aromatic nitrogens is 1. The summed E-state index contributed by atoms with van der Waals surface area (Å²) < 4.78 is 6.35. The number of amides is 4. The molecule has 12 nitrogen and oxygen atoms in total. The summed E-state index contributed by atoms with van der Waals surface area (Å²) in [5.74, 6) is 0.754. The van der Waals surface area contributed by atoms with Crippen molar-refractivity contribution in [2.24, 2.45) is 0 Å². The van der Waals surface area contributed by atoms with Gasteiger partial charge in [0.25, 0.3) is 5.91 Å². The topological polar surface area (TPSA) is 136 Å².